The van der Waals surface area contributed by atoms with Gasteiger partial charge in [0.15, 0.2) is 22.5 Å². The minimum atomic E-state index is -0.240. The summed E-state index contributed by atoms with van der Waals surface area (Å²) in [5.74, 6) is 2.19. The first kappa shape index (κ1) is 26.0. The number of para-hydroxylation sites is 1. The van der Waals surface area contributed by atoms with Crippen LogP contribution in [-0.4, -0.2) is 46.9 Å². The number of nitrogens with zero attached hydrogens (tertiary/aromatic N) is 4. The Morgan fingerprint density at radius 3 is 2.41 bits per heavy atom. The van der Waals surface area contributed by atoms with Crippen molar-refractivity contribution >= 4 is 23.9 Å². The summed E-state index contributed by atoms with van der Waals surface area (Å²) in [6, 6.07) is 23.4. The van der Waals surface area contributed by atoms with Crippen LogP contribution in [0.5, 0.6) is 11.5 Å². The van der Waals surface area contributed by atoms with Crippen molar-refractivity contribution in [2.24, 2.45) is 5.10 Å². The van der Waals surface area contributed by atoms with Crippen LogP contribution in [0.3, 0.4) is 0 Å². The Bertz CT molecular complexity index is 1370. The fraction of sp³-hybridized carbons (Fsp3) is 0.214. The Labute approximate surface area is 220 Å². The molecule has 3 aromatic carbocycles. The normalized spacial score (nSPS) is 11.2. The molecule has 8 nitrogen and oxygen atoms in total. The van der Waals surface area contributed by atoms with E-state index in [0.717, 1.165) is 16.8 Å². The predicted molar refractivity (Wildman–Crippen MR) is 147 cm³/mol. The van der Waals surface area contributed by atoms with Crippen LogP contribution in [0.25, 0.3) is 17.1 Å². The van der Waals surface area contributed by atoms with E-state index >= 15 is 0 Å². The lowest BCUT2D eigenvalue weighted by Gasteiger charge is -2.12. The van der Waals surface area contributed by atoms with Crippen molar-refractivity contribution < 1.29 is 14.3 Å². The number of benzene rings is 3. The molecule has 0 unspecified atom stereocenters. The van der Waals surface area contributed by atoms with Crippen LogP contribution in [-0.2, 0) is 4.79 Å². The van der Waals surface area contributed by atoms with Crippen molar-refractivity contribution in [3.05, 3.63) is 83.9 Å². The van der Waals surface area contributed by atoms with Crippen LogP contribution < -0.4 is 14.9 Å². The molecular formula is C28H29N5O3S. The molecule has 0 spiro atoms. The van der Waals surface area contributed by atoms with Gasteiger partial charge in [-0.15, -0.1) is 10.2 Å². The average molecular weight is 516 g/mol. The summed E-state index contributed by atoms with van der Waals surface area (Å²) in [5, 5.41) is 13.5. The summed E-state index contributed by atoms with van der Waals surface area (Å²) in [5.41, 5.74) is 6.44. The fourth-order valence-electron chi connectivity index (χ4n) is 3.64. The van der Waals surface area contributed by atoms with E-state index in [2.05, 4.69) is 46.7 Å². The number of methoxy groups -OCH3 is 2. The highest BCUT2D eigenvalue weighted by atomic mass is 32.2. The van der Waals surface area contributed by atoms with Gasteiger partial charge in [0, 0.05) is 11.3 Å². The molecule has 0 bridgehead atoms. The number of hydrogen-bond donors (Lipinski definition) is 1. The number of aromatic nitrogens is 3. The van der Waals surface area contributed by atoms with Gasteiger partial charge in [0.1, 0.15) is 0 Å². The molecule has 37 heavy (non-hydrogen) atoms. The zero-order valence-corrected chi connectivity index (χ0v) is 22.0. The maximum absolute atomic E-state index is 12.5. The van der Waals surface area contributed by atoms with Crippen molar-refractivity contribution in [2.45, 2.75) is 24.9 Å². The first-order chi connectivity index (χ1) is 18.0. The summed E-state index contributed by atoms with van der Waals surface area (Å²) in [6.45, 7) is 4.30. The zero-order valence-electron chi connectivity index (χ0n) is 21.2. The number of ether oxygens (including phenoxy) is 2. The van der Waals surface area contributed by atoms with Crippen LogP contribution in [0.2, 0.25) is 0 Å². The molecule has 1 amide bonds. The molecule has 0 aliphatic heterocycles. The number of rotatable bonds is 10. The SMILES string of the molecule is COc1ccc(-c2nnc(SCC(=O)N/N=C/c3ccc(C(C)C)cc3)n2-c2ccccc2)cc1OC. The van der Waals surface area contributed by atoms with Gasteiger partial charge in [-0.05, 0) is 47.4 Å². The monoisotopic (exact) mass is 515 g/mol. The Balaban J connectivity index is 1.50. The smallest absolute Gasteiger partial charge is 0.250 e. The number of carbonyl (C=O) groups excluding carboxylic acids is 1. The van der Waals surface area contributed by atoms with Crippen LogP contribution in [0.4, 0.5) is 0 Å². The van der Waals surface area contributed by atoms with Crippen molar-refractivity contribution in [1.82, 2.24) is 20.2 Å². The molecule has 0 fully saturated rings. The summed E-state index contributed by atoms with van der Waals surface area (Å²) < 4.78 is 12.7. The molecular weight excluding hydrogens is 486 g/mol. The van der Waals surface area contributed by atoms with Gasteiger partial charge in [-0.3, -0.25) is 9.36 Å². The number of nitrogens with one attached hydrogen (secondary N) is 1. The fourth-order valence-corrected chi connectivity index (χ4v) is 4.39. The van der Waals surface area contributed by atoms with Gasteiger partial charge in [0.05, 0.1) is 26.2 Å². The van der Waals surface area contributed by atoms with Crippen LogP contribution in [0, 0.1) is 0 Å². The van der Waals surface area contributed by atoms with Crippen LogP contribution >= 0.6 is 11.8 Å². The van der Waals surface area contributed by atoms with E-state index in [0.29, 0.717) is 28.4 Å². The van der Waals surface area contributed by atoms with Gasteiger partial charge >= 0.3 is 0 Å². The Hall–Kier alpha value is -4.11. The highest BCUT2D eigenvalue weighted by Crippen LogP contribution is 2.34. The van der Waals surface area contributed by atoms with Crippen molar-refractivity contribution in [2.75, 3.05) is 20.0 Å². The van der Waals surface area contributed by atoms with Gasteiger partial charge in [-0.25, -0.2) is 5.43 Å². The molecule has 4 rings (SSSR count). The van der Waals surface area contributed by atoms with E-state index in [-0.39, 0.29) is 11.7 Å². The van der Waals surface area contributed by atoms with E-state index in [9.17, 15) is 4.79 Å². The molecule has 0 saturated heterocycles. The molecule has 1 N–H and O–H groups in total. The van der Waals surface area contributed by atoms with Gasteiger partial charge in [0.25, 0.3) is 5.91 Å². The third-order valence-electron chi connectivity index (χ3n) is 5.63. The molecule has 0 radical (unpaired) electrons. The largest absolute Gasteiger partial charge is 0.493 e. The van der Waals surface area contributed by atoms with Crippen molar-refractivity contribution in [1.29, 1.82) is 0 Å². The standard InChI is InChI=1S/C28H29N5O3S/c1-19(2)21-12-10-20(11-13-21)17-29-30-26(34)18-37-28-32-31-27(33(28)23-8-6-5-7-9-23)22-14-15-24(35-3)25(16-22)36-4/h5-17,19H,18H2,1-4H3,(H,30,34)/b29-17+. The van der Waals surface area contributed by atoms with Crippen molar-refractivity contribution in [3.63, 3.8) is 0 Å². The van der Waals surface area contributed by atoms with Gasteiger partial charge in [-0.2, -0.15) is 5.10 Å². The quantitative estimate of drug-likeness (QED) is 0.175. The summed E-state index contributed by atoms with van der Waals surface area (Å²) >= 11 is 1.28. The first-order valence-corrected chi connectivity index (χ1v) is 12.8. The molecule has 0 aliphatic rings. The van der Waals surface area contributed by atoms with E-state index in [1.165, 1.54) is 17.3 Å². The molecule has 0 saturated carbocycles. The second-order valence-electron chi connectivity index (χ2n) is 8.45. The molecule has 190 valence electrons. The Morgan fingerprint density at radius 2 is 1.73 bits per heavy atom. The minimum Gasteiger partial charge on any atom is -0.493 e. The highest BCUT2D eigenvalue weighted by Gasteiger charge is 2.18. The third kappa shape index (κ3) is 6.37. The van der Waals surface area contributed by atoms with Crippen molar-refractivity contribution in [3.8, 4) is 28.6 Å². The third-order valence-corrected chi connectivity index (χ3v) is 6.56. The topological polar surface area (TPSA) is 90.6 Å². The molecule has 4 aromatic rings. The highest BCUT2D eigenvalue weighted by molar-refractivity contribution is 7.99. The molecule has 0 aliphatic carbocycles. The second kappa shape index (κ2) is 12.2. The molecule has 1 heterocycles. The number of hydrazone groups is 1. The summed E-state index contributed by atoms with van der Waals surface area (Å²) in [6.07, 6.45) is 1.63. The van der Waals surface area contributed by atoms with E-state index in [1.54, 1.807) is 20.4 Å². The van der Waals surface area contributed by atoms with Gasteiger partial charge in [0.2, 0.25) is 0 Å². The second-order valence-corrected chi connectivity index (χ2v) is 9.39. The molecule has 0 atom stereocenters. The lowest BCUT2D eigenvalue weighted by atomic mass is 10.0. The number of hydrogen-bond acceptors (Lipinski definition) is 7. The van der Waals surface area contributed by atoms with E-state index < -0.39 is 0 Å². The number of amides is 1. The molecule has 1 aromatic heterocycles. The Kier molecular flexibility index (Phi) is 8.58. The number of carbonyl (C=O) groups is 1. The van der Waals surface area contributed by atoms with E-state index in [4.69, 9.17) is 9.47 Å². The lowest BCUT2D eigenvalue weighted by molar-refractivity contribution is -0.118. The lowest BCUT2D eigenvalue weighted by Crippen LogP contribution is -2.20. The maximum Gasteiger partial charge on any atom is 0.250 e. The summed E-state index contributed by atoms with van der Waals surface area (Å²) in [4.78, 5) is 12.5. The first-order valence-electron chi connectivity index (χ1n) is 11.8. The van der Waals surface area contributed by atoms with E-state index in [1.807, 2.05) is 65.2 Å². The minimum absolute atomic E-state index is 0.126. The molecule has 9 heteroatoms. The Morgan fingerprint density at radius 1 is 1.00 bits per heavy atom. The van der Waals surface area contributed by atoms with Crippen LogP contribution in [0.15, 0.2) is 83.1 Å². The zero-order chi connectivity index (χ0) is 26.2. The average Bonchev–Trinajstić information content (AvgIpc) is 3.36. The van der Waals surface area contributed by atoms with Gasteiger partial charge < -0.3 is 9.47 Å². The summed E-state index contributed by atoms with van der Waals surface area (Å²) in [7, 11) is 3.18. The van der Waals surface area contributed by atoms with Crippen LogP contribution in [0.1, 0.15) is 30.9 Å². The van der Waals surface area contributed by atoms with Gasteiger partial charge in [-0.1, -0.05) is 68.1 Å². The number of thioether (sulfide) groups is 1. The maximum atomic E-state index is 12.5. The predicted octanol–water partition coefficient (Wildman–Crippen LogP) is 5.32.